The van der Waals surface area contributed by atoms with E-state index in [0.717, 1.165) is 70.4 Å². The molecule has 2 saturated heterocycles. The van der Waals surface area contributed by atoms with E-state index in [1.807, 2.05) is 68.6 Å². The van der Waals surface area contributed by atoms with Crippen LogP contribution in [0.3, 0.4) is 0 Å². The van der Waals surface area contributed by atoms with Crippen molar-refractivity contribution in [3.63, 3.8) is 0 Å². The summed E-state index contributed by atoms with van der Waals surface area (Å²) in [5.41, 5.74) is 6.08. The molecule has 5 aromatic rings. The quantitative estimate of drug-likeness (QED) is 0.114. The number of imidazole rings is 2. The van der Waals surface area contributed by atoms with Crippen LogP contribution >= 0.6 is 0 Å². The molecule has 0 spiro atoms. The summed E-state index contributed by atoms with van der Waals surface area (Å²) in [5.74, 6) is 0.876. The normalized spacial score (nSPS) is 18.2. The van der Waals surface area contributed by atoms with E-state index in [2.05, 4.69) is 31.7 Å². The number of pyridine rings is 1. The van der Waals surface area contributed by atoms with Gasteiger partial charge < -0.3 is 44.6 Å². The molecule has 3 aromatic heterocycles. The van der Waals surface area contributed by atoms with Gasteiger partial charge in [-0.15, -0.1) is 0 Å². The third-order valence-corrected chi connectivity index (χ3v) is 11.3. The van der Waals surface area contributed by atoms with E-state index in [-0.39, 0.29) is 29.8 Å². The number of nitrogens with one attached hydrogen (secondary N) is 4. The van der Waals surface area contributed by atoms with Crippen molar-refractivity contribution in [1.29, 1.82) is 0 Å². The molecule has 16 nitrogen and oxygen atoms in total. The average Bonchev–Trinajstić information content (AvgIpc) is 4.10. The molecule has 16 heteroatoms. The zero-order chi connectivity index (χ0) is 41.8. The van der Waals surface area contributed by atoms with Crippen molar-refractivity contribution < 1.29 is 33.4 Å². The van der Waals surface area contributed by atoms with Crippen molar-refractivity contribution in [3.05, 3.63) is 78.6 Å². The van der Waals surface area contributed by atoms with E-state index in [1.54, 1.807) is 22.9 Å². The van der Waals surface area contributed by atoms with E-state index in [0.29, 0.717) is 24.7 Å². The molecule has 0 saturated carbocycles. The lowest BCUT2D eigenvalue weighted by Gasteiger charge is -2.30. The van der Waals surface area contributed by atoms with Crippen LogP contribution in [0.2, 0.25) is 0 Å². The third-order valence-electron chi connectivity index (χ3n) is 11.3. The van der Waals surface area contributed by atoms with Crippen LogP contribution in [0.1, 0.15) is 70.2 Å². The van der Waals surface area contributed by atoms with Gasteiger partial charge in [0.2, 0.25) is 11.8 Å². The number of alkyl carbamates (subject to hydrolysis) is 2. The minimum atomic E-state index is -0.903. The number of rotatable bonds is 12. The number of hydrogen-bond acceptors (Lipinski definition) is 10. The molecule has 0 radical (unpaired) electrons. The van der Waals surface area contributed by atoms with Crippen molar-refractivity contribution in [1.82, 2.24) is 45.4 Å². The number of hydrogen-bond donors (Lipinski definition) is 4. The standard InChI is InChI=1S/C43H51N9O7/c1-24(2)36(49-42(55)58-5)40(53)51-19-7-9-34(51)38-44-22-32(47-38)27-13-11-26(12-14-27)30-17-15-28-21-29(16-18-31(28)46-30)33-23-45-39(48-33)35-10-8-20-52(35)41(54)37(25(3)57-4)50-43(56)59-6/h11-18,21-25,34-37H,7-10,19-20H2,1-6H3,(H,44,47)(H,45,48)(H,49,55)(H,50,56)/t25-,34+,35+,36+,37+/m1/s1. The fraction of sp³-hybridized carbons (Fsp3) is 0.419. The van der Waals surface area contributed by atoms with Gasteiger partial charge in [-0.05, 0) is 62.3 Å². The highest BCUT2D eigenvalue weighted by Gasteiger charge is 2.39. The number of benzene rings is 2. The molecule has 59 heavy (non-hydrogen) atoms. The molecule has 0 aliphatic carbocycles. The first-order valence-electron chi connectivity index (χ1n) is 19.9. The molecule has 4 N–H and O–H groups in total. The van der Waals surface area contributed by atoms with Gasteiger partial charge in [-0.2, -0.15) is 0 Å². The van der Waals surface area contributed by atoms with E-state index in [1.165, 1.54) is 21.3 Å². The van der Waals surface area contributed by atoms with E-state index < -0.39 is 30.4 Å². The van der Waals surface area contributed by atoms with Crippen molar-refractivity contribution in [2.24, 2.45) is 5.92 Å². The average molecular weight is 806 g/mol. The Balaban J connectivity index is 1.03. The molecule has 0 bridgehead atoms. The van der Waals surface area contributed by atoms with Gasteiger partial charge >= 0.3 is 12.2 Å². The number of ether oxygens (including phenoxy) is 3. The minimum absolute atomic E-state index is 0.112. The second-order valence-corrected chi connectivity index (χ2v) is 15.3. The fourth-order valence-corrected chi connectivity index (χ4v) is 7.96. The Morgan fingerprint density at radius 2 is 1.34 bits per heavy atom. The Labute approximate surface area is 342 Å². The maximum Gasteiger partial charge on any atom is 0.407 e. The summed E-state index contributed by atoms with van der Waals surface area (Å²) < 4.78 is 14.9. The number of H-pyrrole nitrogens is 2. The number of aromatic nitrogens is 5. The number of nitrogens with zero attached hydrogens (tertiary/aromatic N) is 5. The van der Waals surface area contributed by atoms with Crippen molar-refractivity contribution >= 4 is 34.9 Å². The van der Waals surface area contributed by atoms with Crippen molar-refractivity contribution in [3.8, 4) is 33.8 Å². The fourth-order valence-electron chi connectivity index (χ4n) is 7.96. The van der Waals surface area contributed by atoms with Crippen LogP contribution in [-0.2, 0) is 23.8 Å². The molecular weight excluding hydrogens is 755 g/mol. The Kier molecular flexibility index (Phi) is 12.3. The Morgan fingerprint density at radius 1 is 0.729 bits per heavy atom. The van der Waals surface area contributed by atoms with Gasteiger partial charge in [0, 0.05) is 42.9 Å². The summed E-state index contributed by atoms with van der Waals surface area (Å²) in [6, 6.07) is 16.1. The monoisotopic (exact) mass is 805 g/mol. The smallest absolute Gasteiger partial charge is 0.407 e. The van der Waals surface area contributed by atoms with Crippen LogP contribution in [0, 0.1) is 5.92 Å². The van der Waals surface area contributed by atoms with Crippen LogP contribution in [-0.4, -0.2) is 111 Å². The lowest BCUT2D eigenvalue weighted by atomic mass is 10.0. The lowest BCUT2D eigenvalue weighted by molar-refractivity contribution is -0.137. The molecule has 7 rings (SSSR count). The summed E-state index contributed by atoms with van der Waals surface area (Å²) in [7, 11) is 4.04. The van der Waals surface area contributed by atoms with Crippen LogP contribution in [0.15, 0.2) is 67.0 Å². The number of aromatic amines is 2. The Bertz CT molecular complexity index is 2310. The molecule has 5 heterocycles. The topological polar surface area (TPSA) is 197 Å². The number of likely N-dealkylation sites (tertiary alicyclic amines) is 2. The number of methoxy groups -OCH3 is 3. The van der Waals surface area contributed by atoms with E-state index in [9.17, 15) is 19.2 Å². The molecule has 5 atom stereocenters. The van der Waals surface area contributed by atoms with Gasteiger partial charge in [0.05, 0.1) is 61.2 Å². The number of fused-ring (bicyclic) bond motifs is 1. The Hall–Kier alpha value is -6.29. The predicted octanol–water partition coefficient (Wildman–Crippen LogP) is 6.15. The summed E-state index contributed by atoms with van der Waals surface area (Å²) in [6.07, 6.45) is 4.90. The predicted molar refractivity (Wildman–Crippen MR) is 220 cm³/mol. The largest absolute Gasteiger partial charge is 0.453 e. The third kappa shape index (κ3) is 8.63. The summed E-state index contributed by atoms with van der Waals surface area (Å²) >= 11 is 0. The second-order valence-electron chi connectivity index (χ2n) is 15.3. The first-order valence-corrected chi connectivity index (χ1v) is 19.9. The van der Waals surface area contributed by atoms with Crippen molar-refractivity contribution in [2.75, 3.05) is 34.4 Å². The number of carbonyl (C=O) groups is 4. The lowest BCUT2D eigenvalue weighted by Crippen LogP contribution is -2.54. The van der Waals surface area contributed by atoms with Crippen LogP contribution in [0.4, 0.5) is 9.59 Å². The van der Waals surface area contributed by atoms with E-state index in [4.69, 9.17) is 24.2 Å². The summed E-state index contributed by atoms with van der Waals surface area (Å²) in [6.45, 7) is 6.65. The molecule has 2 fully saturated rings. The zero-order valence-corrected chi connectivity index (χ0v) is 34.2. The molecular formula is C43H51N9O7. The molecule has 2 aliphatic heterocycles. The van der Waals surface area contributed by atoms with Gasteiger partial charge in [0.1, 0.15) is 23.7 Å². The second kappa shape index (κ2) is 17.7. The summed E-state index contributed by atoms with van der Waals surface area (Å²) in [5, 5.41) is 6.27. The van der Waals surface area contributed by atoms with Gasteiger partial charge in [-0.25, -0.2) is 24.5 Å². The molecule has 310 valence electrons. The highest BCUT2D eigenvalue weighted by atomic mass is 16.5. The maximum absolute atomic E-state index is 13.7. The van der Waals surface area contributed by atoms with E-state index >= 15 is 0 Å². The van der Waals surface area contributed by atoms with Crippen molar-refractivity contribution in [2.45, 2.75) is 76.7 Å². The Morgan fingerprint density at radius 3 is 1.98 bits per heavy atom. The maximum atomic E-state index is 13.7. The molecule has 2 aliphatic rings. The van der Waals surface area contributed by atoms with Crippen LogP contribution < -0.4 is 10.6 Å². The van der Waals surface area contributed by atoms with Gasteiger partial charge in [-0.3, -0.25) is 9.59 Å². The zero-order valence-electron chi connectivity index (χ0n) is 34.2. The first-order chi connectivity index (χ1) is 28.5. The molecule has 2 aromatic carbocycles. The highest BCUT2D eigenvalue weighted by molar-refractivity contribution is 5.88. The van der Waals surface area contributed by atoms with Gasteiger partial charge in [0.25, 0.3) is 0 Å². The summed E-state index contributed by atoms with van der Waals surface area (Å²) in [4.78, 5) is 76.0. The highest BCUT2D eigenvalue weighted by Crippen LogP contribution is 2.35. The molecule has 0 unspecified atom stereocenters. The minimum Gasteiger partial charge on any atom is -0.453 e. The van der Waals surface area contributed by atoms with Crippen LogP contribution in [0.5, 0.6) is 0 Å². The first kappa shape index (κ1) is 40.9. The van der Waals surface area contributed by atoms with Gasteiger partial charge in [-0.1, -0.05) is 50.2 Å². The number of amides is 4. The number of carbonyl (C=O) groups excluding carboxylic acids is 4. The SMILES string of the molecule is COC(=O)N[C@H](C(=O)N1CCC[C@H]1c1ncc(-c2ccc(-c3ccc4cc(-c5c[nH]c([C@@H]6CCCN6C(=O)[C@@H](NC(=O)OC)[C@@H](C)OC)n5)ccc4n3)cc2)[nH]1)C(C)C. The van der Waals surface area contributed by atoms with Crippen LogP contribution in [0.25, 0.3) is 44.7 Å². The van der Waals surface area contributed by atoms with Gasteiger partial charge in [0.15, 0.2) is 0 Å². The molecule has 4 amide bonds.